The maximum Gasteiger partial charge on any atom is 0.253 e. The molecule has 0 radical (unpaired) electrons. The highest BCUT2D eigenvalue weighted by molar-refractivity contribution is 5.97. The van der Waals surface area contributed by atoms with E-state index in [4.69, 9.17) is 14.2 Å². The van der Waals surface area contributed by atoms with Gasteiger partial charge in [-0.2, -0.15) is 0 Å². The maximum atomic E-state index is 12.0. The van der Waals surface area contributed by atoms with Gasteiger partial charge >= 0.3 is 0 Å². The predicted octanol–water partition coefficient (Wildman–Crippen LogP) is 0.428. The first kappa shape index (κ1) is 13.6. The SMILES string of the molecule is COc1ccc(OC)c(N2C(=O)COCC2CO)c1. The van der Waals surface area contributed by atoms with Gasteiger partial charge in [0.05, 0.1) is 39.2 Å². The van der Waals surface area contributed by atoms with E-state index in [2.05, 4.69) is 0 Å². The van der Waals surface area contributed by atoms with Crippen LogP contribution in [0.2, 0.25) is 0 Å². The Morgan fingerprint density at radius 1 is 1.42 bits per heavy atom. The van der Waals surface area contributed by atoms with Crippen LogP contribution >= 0.6 is 0 Å². The van der Waals surface area contributed by atoms with Gasteiger partial charge in [0.25, 0.3) is 5.91 Å². The number of aliphatic hydroxyl groups excluding tert-OH is 1. The van der Waals surface area contributed by atoms with Crippen molar-refractivity contribution in [3.05, 3.63) is 18.2 Å². The van der Waals surface area contributed by atoms with Crippen molar-refractivity contribution in [1.29, 1.82) is 0 Å². The van der Waals surface area contributed by atoms with Gasteiger partial charge in [0.2, 0.25) is 0 Å². The fourth-order valence-electron chi connectivity index (χ4n) is 2.08. The Labute approximate surface area is 111 Å². The molecule has 0 bridgehead atoms. The lowest BCUT2D eigenvalue weighted by Crippen LogP contribution is -2.51. The number of ether oxygens (including phenoxy) is 3. The number of amides is 1. The van der Waals surface area contributed by atoms with Gasteiger partial charge in [0.1, 0.15) is 18.1 Å². The third kappa shape index (κ3) is 2.64. The normalized spacial score (nSPS) is 19.4. The van der Waals surface area contributed by atoms with Gasteiger partial charge in [-0.1, -0.05) is 0 Å². The monoisotopic (exact) mass is 267 g/mol. The summed E-state index contributed by atoms with van der Waals surface area (Å²) in [6.07, 6.45) is 0. The van der Waals surface area contributed by atoms with Crippen molar-refractivity contribution in [2.45, 2.75) is 6.04 Å². The first-order valence-electron chi connectivity index (χ1n) is 5.94. The molecule has 2 rings (SSSR count). The van der Waals surface area contributed by atoms with Crippen LogP contribution in [0.25, 0.3) is 0 Å². The smallest absolute Gasteiger partial charge is 0.253 e. The van der Waals surface area contributed by atoms with Crippen molar-refractivity contribution in [3.63, 3.8) is 0 Å². The summed E-state index contributed by atoms with van der Waals surface area (Å²) in [5.41, 5.74) is 0.578. The maximum absolute atomic E-state index is 12.0. The highest BCUT2D eigenvalue weighted by Crippen LogP contribution is 2.34. The number of anilines is 1. The number of carbonyl (C=O) groups excluding carboxylic acids is 1. The average molecular weight is 267 g/mol. The Morgan fingerprint density at radius 3 is 2.84 bits per heavy atom. The van der Waals surface area contributed by atoms with Gasteiger partial charge in [0, 0.05) is 6.07 Å². The summed E-state index contributed by atoms with van der Waals surface area (Å²) in [5.74, 6) is 0.957. The number of hydrogen-bond donors (Lipinski definition) is 1. The molecule has 0 spiro atoms. The second kappa shape index (κ2) is 5.90. The minimum Gasteiger partial charge on any atom is -0.497 e. The minimum atomic E-state index is -0.415. The van der Waals surface area contributed by atoms with Gasteiger partial charge in [-0.15, -0.1) is 0 Å². The molecule has 104 valence electrons. The molecule has 1 atom stereocenters. The summed E-state index contributed by atoms with van der Waals surface area (Å²) >= 11 is 0. The lowest BCUT2D eigenvalue weighted by molar-refractivity contribution is -0.128. The Hall–Kier alpha value is -1.79. The van der Waals surface area contributed by atoms with Crippen molar-refractivity contribution in [3.8, 4) is 11.5 Å². The van der Waals surface area contributed by atoms with E-state index in [0.29, 0.717) is 23.8 Å². The summed E-state index contributed by atoms with van der Waals surface area (Å²) in [4.78, 5) is 13.5. The molecule has 1 unspecified atom stereocenters. The van der Waals surface area contributed by atoms with Crippen molar-refractivity contribution in [2.24, 2.45) is 0 Å². The third-order valence-electron chi connectivity index (χ3n) is 3.03. The van der Waals surface area contributed by atoms with E-state index >= 15 is 0 Å². The van der Waals surface area contributed by atoms with Crippen molar-refractivity contribution < 1.29 is 24.1 Å². The number of nitrogens with zero attached hydrogens (tertiary/aromatic N) is 1. The fourth-order valence-corrected chi connectivity index (χ4v) is 2.08. The van der Waals surface area contributed by atoms with Gasteiger partial charge in [0.15, 0.2) is 0 Å². The molecular formula is C13H17NO5. The molecule has 1 aliphatic rings. The summed E-state index contributed by atoms with van der Waals surface area (Å²) in [6, 6.07) is 4.78. The molecule has 6 nitrogen and oxygen atoms in total. The molecule has 19 heavy (non-hydrogen) atoms. The van der Waals surface area contributed by atoms with Crippen LogP contribution in [0.1, 0.15) is 0 Å². The predicted molar refractivity (Wildman–Crippen MR) is 68.7 cm³/mol. The number of carbonyl (C=O) groups is 1. The van der Waals surface area contributed by atoms with Crippen LogP contribution in [0.3, 0.4) is 0 Å². The van der Waals surface area contributed by atoms with Crippen molar-refractivity contribution >= 4 is 11.6 Å². The second-order valence-corrected chi connectivity index (χ2v) is 4.15. The van der Waals surface area contributed by atoms with Crippen LogP contribution in [0.15, 0.2) is 18.2 Å². The molecule has 0 saturated carbocycles. The Morgan fingerprint density at radius 2 is 2.21 bits per heavy atom. The molecule has 1 aliphatic heterocycles. The Bertz CT molecular complexity index is 462. The molecule has 1 saturated heterocycles. The van der Waals surface area contributed by atoms with Crippen LogP contribution < -0.4 is 14.4 Å². The molecule has 1 aromatic rings. The molecule has 6 heteroatoms. The molecule has 0 aliphatic carbocycles. The van der Waals surface area contributed by atoms with E-state index in [9.17, 15) is 9.90 Å². The van der Waals surface area contributed by atoms with Crippen LogP contribution in [-0.4, -0.2) is 51.1 Å². The zero-order chi connectivity index (χ0) is 13.8. The van der Waals surface area contributed by atoms with E-state index in [1.54, 1.807) is 25.3 Å². The van der Waals surface area contributed by atoms with Gasteiger partial charge in [-0.05, 0) is 12.1 Å². The van der Waals surface area contributed by atoms with Crippen molar-refractivity contribution in [1.82, 2.24) is 0 Å². The molecule has 1 N–H and O–H groups in total. The molecule has 1 aromatic carbocycles. The van der Waals surface area contributed by atoms with Crippen LogP contribution in [0.5, 0.6) is 11.5 Å². The topological polar surface area (TPSA) is 68.2 Å². The van der Waals surface area contributed by atoms with Gasteiger partial charge < -0.3 is 19.3 Å². The largest absolute Gasteiger partial charge is 0.497 e. The number of rotatable bonds is 4. The zero-order valence-corrected chi connectivity index (χ0v) is 11.0. The highest BCUT2D eigenvalue weighted by atomic mass is 16.5. The zero-order valence-electron chi connectivity index (χ0n) is 11.0. The minimum absolute atomic E-state index is 0.00311. The standard InChI is InChI=1S/C13H17NO5/c1-17-10-3-4-12(18-2)11(5-10)14-9(6-15)7-19-8-13(14)16/h3-5,9,15H,6-8H2,1-2H3. The van der Waals surface area contributed by atoms with Crippen LogP contribution in [0.4, 0.5) is 5.69 Å². The molecular weight excluding hydrogens is 250 g/mol. The van der Waals surface area contributed by atoms with E-state index in [-0.39, 0.29) is 19.1 Å². The Balaban J connectivity index is 2.44. The summed E-state index contributed by atoms with van der Waals surface area (Å²) in [6.45, 7) is 0.117. The number of methoxy groups -OCH3 is 2. The summed E-state index contributed by atoms with van der Waals surface area (Å²) in [7, 11) is 3.08. The molecule has 1 heterocycles. The molecule has 1 amide bonds. The fraction of sp³-hybridized carbons (Fsp3) is 0.462. The first-order chi connectivity index (χ1) is 9.21. The third-order valence-corrected chi connectivity index (χ3v) is 3.03. The summed E-state index contributed by atoms with van der Waals surface area (Å²) < 4.78 is 15.6. The van der Waals surface area contributed by atoms with E-state index in [1.807, 2.05) is 0 Å². The highest BCUT2D eigenvalue weighted by Gasteiger charge is 2.31. The van der Waals surface area contributed by atoms with E-state index in [1.165, 1.54) is 12.0 Å². The lowest BCUT2D eigenvalue weighted by atomic mass is 10.1. The first-order valence-corrected chi connectivity index (χ1v) is 5.94. The number of benzene rings is 1. The number of aliphatic hydroxyl groups is 1. The average Bonchev–Trinajstić information content (AvgIpc) is 2.46. The van der Waals surface area contributed by atoms with Crippen molar-refractivity contribution in [2.75, 3.05) is 38.9 Å². The van der Waals surface area contributed by atoms with Crippen LogP contribution in [-0.2, 0) is 9.53 Å². The van der Waals surface area contributed by atoms with E-state index in [0.717, 1.165) is 0 Å². The lowest BCUT2D eigenvalue weighted by Gasteiger charge is -2.35. The number of morpholine rings is 1. The molecule has 0 aromatic heterocycles. The molecule has 1 fully saturated rings. The number of hydrogen-bond acceptors (Lipinski definition) is 5. The quantitative estimate of drug-likeness (QED) is 0.856. The van der Waals surface area contributed by atoms with Gasteiger partial charge in [-0.3, -0.25) is 9.69 Å². The Kier molecular flexibility index (Phi) is 4.24. The van der Waals surface area contributed by atoms with E-state index < -0.39 is 6.04 Å². The summed E-state index contributed by atoms with van der Waals surface area (Å²) in [5, 5.41) is 9.38. The second-order valence-electron chi connectivity index (χ2n) is 4.15. The van der Waals surface area contributed by atoms with Crippen LogP contribution in [0, 0.1) is 0 Å². The van der Waals surface area contributed by atoms with Gasteiger partial charge in [-0.25, -0.2) is 0 Å².